The molecule has 5 heteroatoms. The van der Waals surface area contributed by atoms with Crippen LogP contribution in [0.4, 0.5) is 0 Å². The van der Waals surface area contributed by atoms with E-state index in [0.29, 0.717) is 5.19 Å². The van der Waals surface area contributed by atoms with Crippen LogP contribution in [0.5, 0.6) is 10.9 Å². The quantitative estimate of drug-likeness (QED) is 0.788. The lowest BCUT2D eigenvalue weighted by molar-refractivity contribution is 0.131. The van der Waals surface area contributed by atoms with Crippen molar-refractivity contribution in [1.29, 1.82) is 0 Å². The molecule has 1 atom stereocenters. The molecule has 0 amide bonds. The second-order valence-electron chi connectivity index (χ2n) is 6.54. The number of fused-ring (bicyclic) bond motifs is 1. The van der Waals surface area contributed by atoms with Gasteiger partial charge in [-0.3, -0.25) is 0 Å². The Morgan fingerprint density at radius 2 is 2.05 bits per heavy atom. The minimum Gasteiger partial charge on any atom is -0.488 e. The first-order valence-electron chi connectivity index (χ1n) is 7.23. The highest BCUT2D eigenvalue weighted by Gasteiger charge is 2.29. The van der Waals surface area contributed by atoms with Gasteiger partial charge in [0, 0.05) is 11.6 Å². The lowest BCUT2D eigenvalue weighted by Crippen LogP contribution is -2.23. The second kappa shape index (κ2) is 5.14. The van der Waals surface area contributed by atoms with Gasteiger partial charge in [0.2, 0.25) is 0 Å². The molecule has 2 aromatic rings. The Bertz CT molecular complexity index is 653. The van der Waals surface area contributed by atoms with Gasteiger partial charge < -0.3 is 14.2 Å². The van der Waals surface area contributed by atoms with Gasteiger partial charge in [-0.05, 0) is 40.7 Å². The van der Waals surface area contributed by atoms with Gasteiger partial charge >= 0.3 is 0 Å². The van der Waals surface area contributed by atoms with Crippen molar-refractivity contribution < 1.29 is 14.2 Å². The first kappa shape index (κ1) is 14.6. The summed E-state index contributed by atoms with van der Waals surface area (Å²) in [5.74, 6) is 0.835. The van der Waals surface area contributed by atoms with Crippen LogP contribution in [0.1, 0.15) is 46.3 Å². The van der Waals surface area contributed by atoms with E-state index in [1.165, 1.54) is 0 Å². The number of ether oxygens (including phenoxy) is 3. The van der Waals surface area contributed by atoms with Gasteiger partial charge in [-0.2, -0.15) is 0 Å². The van der Waals surface area contributed by atoms with Gasteiger partial charge in [0.25, 0.3) is 5.19 Å². The van der Waals surface area contributed by atoms with Crippen LogP contribution in [0, 0.1) is 0 Å². The average molecular weight is 307 g/mol. The number of epoxide rings is 1. The van der Waals surface area contributed by atoms with E-state index in [1.807, 2.05) is 40.7 Å². The number of rotatable bonds is 4. The highest BCUT2D eigenvalue weighted by Crippen LogP contribution is 2.42. The first-order valence-corrected chi connectivity index (χ1v) is 8.05. The van der Waals surface area contributed by atoms with Gasteiger partial charge in [-0.1, -0.05) is 11.3 Å². The fourth-order valence-electron chi connectivity index (χ4n) is 2.14. The fourth-order valence-corrected chi connectivity index (χ4v) is 3.22. The molecule has 1 saturated heterocycles. The number of thiazole rings is 1. The molecule has 4 nitrogen and oxygen atoms in total. The standard InChI is InChI=1S/C16H21NO3S/c1-9(2)19-15-17-12-7-10(20-16(3,4)5)6-11(13-8-18-13)14(12)21-15/h6-7,9,13H,8H2,1-5H3/t13-/m0/s1. The monoisotopic (exact) mass is 307 g/mol. The molecule has 0 N–H and O–H groups in total. The molecular weight excluding hydrogens is 286 g/mol. The normalized spacial score (nSPS) is 18.3. The number of hydrogen-bond donors (Lipinski definition) is 0. The maximum atomic E-state index is 5.99. The van der Waals surface area contributed by atoms with E-state index < -0.39 is 0 Å². The van der Waals surface area contributed by atoms with E-state index in [2.05, 4.69) is 11.1 Å². The van der Waals surface area contributed by atoms with Crippen LogP contribution in [0.2, 0.25) is 0 Å². The largest absolute Gasteiger partial charge is 0.488 e. The summed E-state index contributed by atoms with van der Waals surface area (Å²) < 4.78 is 18.3. The summed E-state index contributed by atoms with van der Waals surface area (Å²) in [6.45, 7) is 10.9. The molecule has 114 valence electrons. The van der Waals surface area contributed by atoms with Crippen molar-refractivity contribution >= 4 is 21.6 Å². The summed E-state index contributed by atoms with van der Waals surface area (Å²) >= 11 is 1.58. The van der Waals surface area contributed by atoms with Crippen LogP contribution in [-0.4, -0.2) is 23.3 Å². The maximum absolute atomic E-state index is 5.99. The molecule has 1 aliphatic heterocycles. The Hall–Kier alpha value is -1.33. The van der Waals surface area contributed by atoms with Crippen molar-refractivity contribution in [3.8, 4) is 10.9 Å². The zero-order chi connectivity index (χ0) is 15.2. The molecule has 21 heavy (non-hydrogen) atoms. The molecule has 0 aliphatic carbocycles. The van der Waals surface area contributed by atoms with E-state index in [-0.39, 0.29) is 17.8 Å². The summed E-state index contributed by atoms with van der Waals surface area (Å²) in [5.41, 5.74) is 1.84. The number of nitrogens with zero attached hydrogens (tertiary/aromatic N) is 1. The van der Waals surface area contributed by atoms with Crippen molar-refractivity contribution in [3.63, 3.8) is 0 Å². The zero-order valence-corrected chi connectivity index (χ0v) is 13.9. The maximum Gasteiger partial charge on any atom is 0.274 e. The van der Waals surface area contributed by atoms with Crippen LogP contribution in [0.25, 0.3) is 10.2 Å². The summed E-state index contributed by atoms with van der Waals surface area (Å²) in [6, 6.07) is 4.05. The smallest absolute Gasteiger partial charge is 0.274 e. The number of benzene rings is 1. The van der Waals surface area contributed by atoms with Crippen molar-refractivity contribution in [2.24, 2.45) is 0 Å². The Morgan fingerprint density at radius 1 is 1.33 bits per heavy atom. The molecular formula is C16H21NO3S. The fraction of sp³-hybridized carbons (Fsp3) is 0.562. The van der Waals surface area contributed by atoms with Gasteiger partial charge in [0.1, 0.15) is 17.5 Å². The minimum atomic E-state index is -0.233. The summed E-state index contributed by atoms with van der Waals surface area (Å²) in [4.78, 5) is 4.58. The van der Waals surface area contributed by atoms with Crippen molar-refractivity contribution in [2.75, 3.05) is 6.61 Å². The van der Waals surface area contributed by atoms with E-state index >= 15 is 0 Å². The summed E-state index contributed by atoms with van der Waals surface area (Å²) in [5, 5.41) is 0.704. The molecule has 3 rings (SSSR count). The molecule has 0 radical (unpaired) electrons. The molecule has 1 aromatic heterocycles. The van der Waals surface area contributed by atoms with E-state index in [4.69, 9.17) is 14.2 Å². The predicted octanol–water partition coefficient (Wildman–Crippen LogP) is 4.33. The zero-order valence-electron chi connectivity index (χ0n) is 13.1. The highest BCUT2D eigenvalue weighted by atomic mass is 32.1. The van der Waals surface area contributed by atoms with Gasteiger partial charge in [0.05, 0.1) is 22.9 Å². The minimum absolute atomic E-state index is 0.122. The topological polar surface area (TPSA) is 43.9 Å². The number of hydrogen-bond acceptors (Lipinski definition) is 5. The first-order chi connectivity index (χ1) is 9.82. The van der Waals surface area contributed by atoms with Crippen LogP contribution in [-0.2, 0) is 4.74 Å². The third kappa shape index (κ3) is 3.47. The van der Waals surface area contributed by atoms with E-state index in [0.717, 1.165) is 28.1 Å². The Kier molecular flexibility index (Phi) is 3.58. The van der Waals surface area contributed by atoms with Gasteiger partial charge in [0.15, 0.2) is 0 Å². The molecule has 0 spiro atoms. The number of aromatic nitrogens is 1. The van der Waals surface area contributed by atoms with Gasteiger partial charge in [-0.15, -0.1) is 0 Å². The molecule has 1 aromatic carbocycles. The SMILES string of the molecule is CC(C)Oc1nc2cc(OC(C)(C)C)cc([C@@H]3CO3)c2s1. The predicted molar refractivity (Wildman–Crippen MR) is 84.5 cm³/mol. The Balaban J connectivity index is 2.03. The van der Waals surface area contributed by atoms with E-state index in [1.54, 1.807) is 11.3 Å². The molecule has 2 heterocycles. The van der Waals surface area contributed by atoms with Crippen molar-refractivity contribution in [1.82, 2.24) is 4.98 Å². The third-order valence-corrected chi connectivity index (χ3v) is 3.92. The molecule has 0 unspecified atom stereocenters. The van der Waals surface area contributed by atoms with Crippen molar-refractivity contribution in [2.45, 2.75) is 52.4 Å². The summed E-state index contributed by atoms with van der Waals surface area (Å²) in [7, 11) is 0. The van der Waals surface area contributed by atoms with Crippen LogP contribution in [0.15, 0.2) is 12.1 Å². The van der Waals surface area contributed by atoms with Gasteiger partial charge in [-0.25, -0.2) is 4.98 Å². The average Bonchev–Trinajstić information content (AvgIpc) is 3.07. The molecule has 1 aliphatic rings. The van der Waals surface area contributed by atoms with Crippen LogP contribution in [0.3, 0.4) is 0 Å². The lowest BCUT2D eigenvalue weighted by Gasteiger charge is -2.21. The van der Waals surface area contributed by atoms with Crippen LogP contribution >= 0.6 is 11.3 Å². The van der Waals surface area contributed by atoms with E-state index in [9.17, 15) is 0 Å². The molecule has 0 saturated carbocycles. The van der Waals surface area contributed by atoms with Crippen LogP contribution < -0.4 is 9.47 Å². The molecule has 0 bridgehead atoms. The third-order valence-electron chi connectivity index (χ3n) is 2.91. The highest BCUT2D eigenvalue weighted by molar-refractivity contribution is 7.20. The summed E-state index contributed by atoms with van der Waals surface area (Å²) in [6.07, 6.45) is 0.292. The second-order valence-corrected chi connectivity index (χ2v) is 7.51. The lowest BCUT2D eigenvalue weighted by atomic mass is 10.1. The Morgan fingerprint density at radius 3 is 2.62 bits per heavy atom. The molecule has 1 fully saturated rings. The Labute approximate surface area is 129 Å². The van der Waals surface area contributed by atoms with Crippen molar-refractivity contribution in [3.05, 3.63) is 17.7 Å².